The molecule has 0 aromatic carbocycles. The number of fused-ring (bicyclic) bond motifs is 3. The number of nitrogens with one attached hydrogen (secondary N) is 1. The quantitative estimate of drug-likeness (QED) is 0.310. The fraction of sp³-hybridized carbons (Fsp3) is 0.400. The van der Waals surface area contributed by atoms with Gasteiger partial charge in [-0.1, -0.05) is 0 Å². The van der Waals surface area contributed by atoms with E-state index in [-0.39, 0.29) is 6.61 Å². The lowest BCUT2D eigenvalue weighted by molar-refractivity contribution is -0.193. The molecule has 0 amide bonds. The Morgan fingerprint density at radius 2 is 1.67 bits per heavy atom. The topological polar surface area (TPSA) is 173 Å². The summed E-state index contributed by atoms with van der Waals surface area (Å²) in [5, 5.41) is 41.1. The summed E-state index contributed by atoms with van der Waals surface area (Å²) in [7, 11) is 0. The zero-order chi connectivity index (χ0) is 32.1. The Labute approximate surface area is 238 Å². The SMILES string of the molecule is C[C@H](O)COc1cc(-c2ccc(N3CC4CC(C3)N4)nc2)c2c(C#N)cnn2c1.O=C(O)C(F)(F)F.O=C(O)C(F)(F)F. The molecule has 4 N–H and O–H groups in total. The highest BCUT2D eigenvalue weighted by atomic mass is 19.4. The number of piperidine rings is 1. The van der Waals surface area contributed by atoms with Crippen LogP contribution in [0.4, 0.5) is 32.2 Å². The van der Waals surface area contributed by atoms with Gasteiger partial charge in [0.2, 0.25) is 0 Å². The first-order valence-electron chi connectivity index (χ1n) is 12.3. The van der Waals surface area contributed by atoms with Crippen molar-refractivity contribution in [1.82, 2.24) is 19.9 Å². The van der Waals surface area contributed by atoms with Gasteiger partial charge >= 0.3 is 24.3 Å². The second-order valence-electron chi connectivity index (χ2n) is 9.42. The number of carbonyl (C=O) groups is 2. The molecule has 3 aliphatic rings. The van der Waals surface area contributed by atoms with Crippen LogP contribution in [0, 0.1) is 11.3 Å². The number of anilines is 1. The fourth-order valence-corrected chi connectivity index (χ4v) is 4.13. The molecule has 18 heteroatoms. The maximum Gasteiger partial charge on any atom is 0.490 e. The van der Waals surface area contributed by atoms with Crippen LogP contribution in [0.25, 0.3) is 16.6 Å². The first-order valence-corrected chi connectivity index (χ1v) is 12.3. The van der Waals surface area contributed by atoms with E-state index in [0.717, 1.165) is 35.6 Å². The first-order chi connectivity index (χ1) is 20.0. The fourth-order valence-electron chi connectivity index (χ4n) is 4.13. The number of hydrogen-bond donors (Lipinski definition) is 4. The number of nitriles is 1. The molecule has 3 aliphatic heterocycles. The van der Waals surface area contributed by atoms with Gasteiger partial charge in [0.15, 0.2) is 0 Å². The number of halogens is 6. The minimum atomic E-state index is -5.08. The number of aliphatic hydroxyl groups excluding tert-OH is 1. The number of pyridine rings is 2. The molecule has 6 rings (SSSR count). The van der Waals surface area contributed by atoms with Crippen LogP contribution in [-0.2, 0) is 9.59 Å². The van der Waals surface area contributed by atoms with E-state index in [4.69, 9.17) is 24.5 Å². The van der Waals surface area contributed by atoms with Gasteiger partial charge in [-0.2, -0.15) is 36.7 Å². The van der Waals surface area contributed by atoms with E-state index in [2.05, 4.69) is 26.4 Å². The van der Waals surface area contributed by atoms with Crippen molar-refractivity contribution in [3.8, 4) is 22.9 Å². The molecule has 2 bridgehead atoms. The summed E-state index contributed by atoms with van der Waals surface area (Å²) >= 11 is 0. The molecular weight excluding hydrogens is 594 g/mol. The number of alkyl halides is 6. The van der Waals surface area contributed by atoms with Crippen molar-refractivity contribution in [2.75, 3.05) is 24.6 Å². The number of aliphatic hydroxyl groups is 1. The van der Waals surface area contributed by atoms with Crippen LogP contribution in [0.5, 0.6) is 5.75 Å². The van der Waals surface area contributed by atoms with Gasteiger partial charge in [0.05, 0.1) is 29.6 Å². The lowest BCUT2D eigenvalue weighted by Gasteiger charge is -2.48. The third kappa shape index (κ3) is 8.68. The van der Waals surface area contributed by atoms with Crippen LogP contribution in [0.1, 0.15) is 18.9 Å². The molecule has 3 saturated heterocycles. The van der Waals surface area contributed by atoms with Gasteiger partial charge < -0.3 is 30.3 Å². The molecule has 0 radical (unpaired) electrons. The van der Waals surface area contributed by atoms with E-state index >= 15 is 0 Å². The van der Waals surface area contributed by atoms with Crippen molar-refractivity contribution in [1.29, 1.82) is 5.26 Å². The minimum Gasteiger partial charge on any atom is -0.489 e. The molecule has 6 heterocycles. The molecule has 43 heavy (non-hydrogen) atoms. The molecule has 3 aromatic heterocycles. The molecule has 3 aromatic rings. The van der Waals surface area contributed by atoms with E-state index < -0.39 is 30.4 Å². The third-order valence-corrected chi connectivity index (χ3v) is 5.99. The first kappa shape index (κ1) is 32.9. The molecule has 0 aliphatic carbocycles. The Bertz CT molecular complexity index is 1450. The molecule has 232 valence electrons. The second-order valence-corrected chi connectivity index (χ2v) is 9.42. The van der Waals surface area contributed by atoms with Gasteiger partial charge in [-0.05, 0) is 31.5 Å². The summed E-state index contributed by atoms with van der Waals surface area (Å²) in [5.41, 5.74) is 2.92. The highest BCUT2D eigenvalue weighted by Gasteiger charge is 2.39. The van der Waals surface area contributed by atoms with Gasteiger partial charge in [0.25, 0.3) is 0 Å². The van der Waals surface area contributed by atoms with E-state index in [9.17, 15) is 36.7 Å². The summed E-state index contributed by atoms with van der Waals surface area (Å²) < 4.78 is 70.8. The molecule has 0 saturated carbocycles. The largest absolute Gasteiger partial charge is 0.490 e. The van der Waals surface area contributed by atoms with Gasteiger partial charge in [-0.3, -0.25) is 0 Å². The minimum absolute atomic E-state index is 0.180. The van der Waals surface area contributed by atoms with Crippen molar-refractivity contribution in [3.63, 3.8) is 0 Å². The summed E-state index contributed by atoms with van der Waals surface area (Å²) in [5.74, 6) is -3.97. The van der Waals surface area contributed by atoms with Crippen molar-refractivity contribution in [3.05, 3.63) is 42.4 Å². The van der Waals surface area contributed by atoms with Crippen molar-refractivity contribution < 1.29 is 56.0 Å². The van der Waals surface area contributed by atoms with E-state index in [0.29, 0.717) is 23.4 Å². The van der Waals surface area contributed by atoms with Crippen molar-refractivity contribution >= 4 is 23.3 Å². The Morgan fingerprint density at radius 1 is 1.12 bits per heavy atom. The zero-order valence-electron chi connectivity index (χ0n) is 22.1. The average Bonchev–Trinajstić information content (AvgIpc) is 3.34. The van der Waals surface area contributed by atoms with Crippen molar-refractivity contribution in [2.45, 2.75) is 43.9 Å². The van der Waals surface area contributed by atoms with Gasteiger partial charge in [0, 0.05) is 42.5 Å². The Kier molecular flexibility index (Phi) is 10.0. The molecular formula is C25H24F6N6O6. The molecule has 2 unspecified atom stereocenters. The monoisotopic (exact) mass is 618 g/mol. The van der Waals surface area contributed by atoms with E-state index in [1.807, 2.05) is 24.4 Å². The average molecular weight is 618 g/mol. The normalized spacial score (nSPS) is 18.2. The van der Waals surface area contributed by atoms with Gasteiger partial charge in [-0.15, -0.1) is 0 Å². The Balaban J connectivity index is 0.000000303. The number of rotatable bonds is 5. The van der Waals surface area contributed by atoms with Crippen LogP contribution in [0.3, 0.4) is 0 Å². The molecule has 3 fully saturated rings. The predicted molar refractivity (Wildman–Crippen MR) is 135 cm³/mol. The molecule has 0 spiro atoms. The summed E-state index contributed by atoms with van der Waals surface area (Å²) in [4.78, 5) is 24.8. The van der Waals surface area contributed by atoms with Crippen LogP contribution in [0.2, 0.25) is 0 Å². The third-order valence-electron chi connectivity index (χ3n) is 5.99. The predicted octanol–water partition coefficient (Wildman–Crippen LogP) is 2.84. The number of nitrogens with zero attached hydrogens (tertiary/aromatic N) is 5. The maximum atomic E-state index is 10.6. The molecule has 12 nitrogen and oxygen atoms in total. The number of aromatic nitrogens is 3. The second kappa shape index (κ2) is 13.1. The van der Waals surface area contributed by atoms with E-state index in [1.54, 1.807) is 23.8 Å². The van der Waals surface area contributed by atoms with Gasteiger partial charge in [-0.25, -0.2) is 19.1 Å². The standard InChI is InChI=1S/C21H22N6O2.2C2HF3O2/c1-13(28)12-29-18-5-19(21-15(6-22)8-24-27(21)11-18)14-2-3-20(23-7-14)26-9-16-4-17(10-26)25-16;2*3-2(4,5)1(6)7/h2-3,5,7-8,11,13,16-17,25,28H,4,9-10,12H2,1H3;2*(H,6,7)/t13-,16?,17?;;/m0../s1. The smallest absolute Gasteiger partial charge is 0.489 e. The zero-order valence-corrected chi connectivity index (χ0v) is 22.1. The summed E-state index contributed by atoms with van der Waals surface area (Å²) in [6, 6.07) is 9.27. The molecule has 3 atom stereocenters. The lowest BCUT2D eigenvalue weighted by Crippen LogP contribution is -2.67. The highest BCUT2D eigenvalue weighted by Crippen LogP contribution is 2.32. The highest BCUT2D eigenvalue weighted by molar-refractivity contribution is 5.85. The number of carboxylic acids is 2. The Hall–Kier alpha value is -4.63. The Morgan fingerprint density at radius 3 is 2.12 bits per heavy atom. The summed E-state index contributed by atoms with van der Waals surface area (Å²) in [6.45, 7) is 3.82. The van der Waals surface area contributed by atoms with Crippen molar-refractivity contribution in [2.24, 2.45) is 0 Å². The lowest BCUT2D eigenvalue weighted by atomic mass is 9.91. The number of ether oxygens (including phenoxy) is 1. The number of piperazine rings is 1. The maximum absolute atomic E-state index is 10.6. The number of aliphatic carboxylic acids is 2. The van der Waals surface area contributed by atoms with Crippen LogP contribution < -0.4 is 15.0 Å². The van der Waals surface area contributed by atoms with Crippen LogP contribution >= 0.6 is 0 Å². The van der Waals surface area contributed by atoms with E-state index in [1.165, 1.54) is 6.42 Å². The van der Waals surface area contributed by atoms with Gasteiger partial charge in [0.1, 0.15) is 24.2 Å². The van der Waals surface area contributed by atoms with Crippen LogP contribution in [0.15, 0.2) is 36.8 Å². The number of carboxylic acid groups (broad SMARTS) is 2. The number of hydrogen-bond acceptors (Lipinski definition) is 9. The summed E-state index contributed by atoms with van der Waals surface area (Å²) in [6.07, 6.45) is -4.38. The van der Waals surface area contributed by atoms with Crippen LogP contribution in [-0.4, -0.2) is 92.1 Å².